The number of fused-ring (bicyclic) bond motifs is 1. The highest BCUT2D eigenvalue weighted by Crippen LogP contribution is 2.34. The minimum absolute atomic E-state index is 0.126. The number of hydrogen-bond acceptors (Lipinski definition) is 2. The molecule has 0 saturated heterocycles. The maximum absolute atomic E-state index is 9.04. The van der Waals surface area contributed by atoms with Gasteiger partial charge in [-0.2, -0.15) is 0 Å². The van der Waals surface area contributed by atoms with Gasteiger partial charge in [0.25, 0.3) is 0 Å². The number of hydrogen-bond donors (Lipinski definition) is 1. The second-order valence-corrected chi connectivity index (χ2v) is 3.10. The van der Waals surface area contributed by atoms with E-state index in [0.717, 1.165) is 11.1 Å². The van der Waals surface area contributed by atoms with Gasteiger partial charge in [-0.25, -0.2) is 0 Å². The average molecular weight is 161 g/mol. The van der Waals surface area contributed by atoms with E-state index in [1.54, 1.807) is 6.20 Å². The summed E-state index contributed by atoms with van der Waals surface area (Å²) in [5.74, 6) is 0.399. The summed E-state index contributed by atoms with van der Waals surface area (Å²) in [6.45, 7) is 2.24. The zero-order valence-electron chi connectivity index (χ0n) is 6.99. The Balaban J connectivity index is 2.53. The number of allylic oxidation sites excluding steroid dienone is 1. The van der Waals surface area contributed by atoms with Crippen LogP contribution in [0, 0.1) is 0 Å². The number of rotatable bonds is 1. The molecule has 0 aliphatic heterocycles. The van der Waals surface area contributed by atoms with Crippen molar-refractivity contribution in [1.29, 1.82) is 0 Å². The number of nitrogens with zero attached hydrogens (tertiary/aromatic N) is 1. The molecule has 12 heavy (non-hydrogen) atoms. The summed E-state index contributed by atoms with van der Waals surface area (Å²) in [5.41, 5.74) is 3.40. The molecule has 1 aromatic rings. The number of aromatic nitrogens is 1. The van der Waals surface area contributed by atoms with Gasteiger partial charge >= 0.3 is 0 Å². The largest absolute Gasteiger partial charge is 0.392 e. The molecule has 2 nitrogen and oxygen atoms in total. The van der Waals surface area contributed by atoms with Gasteiger partial charge in [-0.05, 0) is 22.8 Å². The average Bonchev–Trinajstić information content (AvgIpc) is 2.44. The minimum Gasteiger partial charge on any atom is -0.392 e. The summed E-state index contributed by atoms with van der Waals surface area (Å²) in [6.07, 6.45) is 5.73. The van der Waals surface area contributed by atoms with Gasteiger partial charge in [0.05, 0.1) is 6.61 Å². The lowest BCUT2D eigenvalue weighted by Crippen LogP contribution is -1.90. The van der Waals surface area contributed by atoms with Crippen LogP contribution >= 0.6 is 0 Å². The molecule has 1 heterocycles. The number of aliphatic hydroxyl groups excluding tert-OH is 1. The molecule has 1 aromatic heterocycles. The maximum atomic E-state index is 9.04. The van der Waals surface area contributed by atoms with Gasteiger partial charge in [0.2, 0.25) is 0 Å². The monoisotopic (exact) mass is 161 g/mol. The molecule has 1 aliphatic rings. The predicted molar refractivity (Wildman–Crippen MR) is 47.7 cm³/mol. The van der Waals surface area contributed by atoms with E-state index in [4.69, 9.17) is 5.11 Å². The third-order valence-corrected chi connectivity index (χ3v) is 2.31. The molecule has 0 bridgehead atoms. The van der Waals surface area contributed by atoms with Crippen LogP contribution in [-0.2, 0) is 0 Å². The van der Waals surface area contributed by atoms with Gasteiger partial charge in [-0.15, -0.1) is 0 Å². The van der Waals surface area contributed by atoms with Gasteiger partial charge in [-0.1, -0.05) is 13.0 Å². The Kier molecular flexibility index (Phi) is 1.70. The van der Waals surface area contributed by atoms with E-state index in [1.165, 1.54) is 5.56 Å². The van der Waals surface area contributed by atoms with Crippen molar-refractivity contribution < 1.29 is 5.11 Å². The van der Waals surface area contributed by atoms with Crippen LogP contribution in [0.3, 0.4) is 0 Å². The van der Waals surface area contributed by atoms with Crippen molar-refractivity contribution in [2.24, 2.45) is 0 Å². The molecular formula is C10H11NO. The first kappa shape index (κ1) is 7.50. The van der Waals surface area contributed by atoms with Gasteiger partial charge in [0.1, 0.15) is 0 Å². The Hall–Kier alpha value is -1.15. The summed E-state index contributed by atoms with van der Waals surface area (Å²) >= 11 is 0. The minimum atomic E-state index is 0.126. The summed E-state index contributed by atoms with van der Waals surface area (Å²) in [7, 11) is 0. The summed E-state index contributed by atoms with van der Waals surface area (Å²) < 4.78 is 0. The molecule has 0 fully saturated rings. The molecule has 2 rings (SSSR count). The Morgan fingerprint density at radius 3 is 3.17 bits per heavy atom. The van der Waals surface area contributed by atoms with Crippen molar-refractivity contribution in [3.05, 3.63) is 35.7 Å². The second-order valence-electron chi connectivity index (χ2n) is 3.10. The van der Waals surface area contributed by atoms with Crippen molar-refractivity contribution in [2.45, 2.75) is 12.8 Å². The van der Waals surface area contributed by atoms with E-state index in [0.29, 0.717) is 5.92 Å². The fourth-order valence-electron chi connectivity index (χ4n) is 1.68. The molecule has 62 valence electrons. The lowest BCUT2D eigenvalue weighted by atomic mass is 10.1. The lowest BCUT2D eigenvalue weighted by Gasteiger charge is -2.02. The Morgan fingerprint density at radius 2 is 2.42 bits per heavy atom. The molecule has 0 amide bonds. The van der Waals surface area contributed by atoms with E-state index in [2.05, 4.69) is 18.0 Å². The van der Waals surface area contributed by atoms with Crippen molar-refractivity contribution >= 4 is 5.57 Å². The molecule has 0 radical (unpaired) electrons. The highest BCUT2D eigenvalue weighted by atomic mass is 16.3. The van der Waals surface area contributed by atoms with Crippen LogP contribution in [0.5, 0.6) is 0 Å². The number of pyridine rings is 1. The highest BCUT2D eigenvalue weighted by Gasteiger charge is 2.18. The van der Waals surface area contributed by atoms with E-state index in [9.17, 15) is 0 Å². The molecule has 1 N–H and O–H groups in total. The smallest absolute Gasteiger partial charge is 0.0684 e. The zero-order valence-corrected chi connectivity index (χ0v) is 6.99. The summed E-state index contributed by atoms with van der Waals surface area (Å²) in [5, 5.41) is 9.04. The summed E-state index contributed by atoms with van der Waals surface area (Å²) in [4.78, 5) is 4.06. The Bertz CT molecular complexity index is 330. The second kappa shape index (κ2) is 2.72. The Labute approximate surface area is 71.6 Å². The molecule has 0 saturated carbocycles. The maximum Gasteiger partial charge on any atom is 0.0684 e. The molecule has 2 heteroatoms. The van der Waals surface area contributed by atoms with Gasteiger partial charge in [-0.3, -0.25) is 4.98 Å². The van der Waals surface area contributed by atoms with Crippen LogP contribution in [0.15, 0.2) is 24.5 Å². The zero-order chi connectivity index (χ0) is 8.55. The number of aliphatic hydroxyl groups is 1. The van der Waals surface area contributed by atoms with Crippen LogP contribution in [0.1, 0.15) is 24.0 Å². The van der Waals surface area contributed by atoms with Crippen molar-refractivity contribution in [2.75, 3.05) is 6.61 Å². The highest BCUT2D eigenvalue weighted by molar-refractivity contribution is 5.74. The first-order valence-corrected chi connectivity index (χ1v) is 4.08. The van der Waals surface area contributed by atoms with Crippen LogP contribution < -0.4 is 0 Å². The van der Waals surface area contributed by atoms with Crippen molar-refractivity contribution in [3.63, 3.8) is 0 Å². The molecular weight excluding hydrogens is 150 g/mol. The predicted octanol–water partition coefficient (Wildman–Crippen LogP) is 1.57. The van der Waals surface area contributed by atoms with Gasteiger partial charge < -0.3 is 5.11 Å². The molecule has 1 atom stereocenters. The SMILES string of the molecule is C[C@H]1C=C(CO)c2ccncc21. The standard InChI is InChI=1S/C10H11NO/c1-7-4-8(6-12)9-2-3-11-5-10(7)9/h2-5,7,12H,6H2,1H3/t7-/m0/s1. The van der Waals surface area contributed by atoms with Crippen molar-refractivity contribution in [3.8, 4) is 0 Å². The fraction of sp³-hybridized carbons (Fsp3) is 0.300. The topological polar surface area (TPSA) is 33.1 Å². The Morgan fingerprint density at radius 1 is 1.58 bits per heavy atom. The molecule has 0 spiro atoms. The fourth-order valence-corrected chi connectivity index (χ4v) is 1.68. The van der Waals surface area contributed by atoms with E-state index in [-0.39, 0.29) is 6.61 Å². The van der Waals surface area contributed by atoms with Crippen LogP contribution in [0.4, 0.5) is 0 Å². The molecule has 1 aliphatic carbocycles. The molecule has 0 aromatic carbocycles. The third-order valence-electron chi connectivity index (χ3n) is 2.31. The van der Waals surface area contributed by atoms with Crippen LogP contribution in [0.25, 0.3) is 5.57 Å². The first-order chi connectivity index (χ1) is 5.83. The third kappa shape index (κ3) is 0.959. The van der Waals surface area contributed by atoms with Crippen LogP contribution in [-0.4, -0.2) is 16.7 Å². The van der Waals surface area contributed by atoms with Gasteiger partial charge in [0.15, 0.2) is 0 Å². The van der Waals surface area contributed by atoms with Crippen LogP contribution in [0.2, 0.25) is 0 Å². The van der Waals surface area contributed by atoms with E-state index < -0.39 is 0 Å². The van der Waals surface area contributed by atoms with Crippen molar-refractivity contribution in [1.82, 2.24) is 4.98 Å². The molecule has 0 unspecified atom stereocenters. The normalized spacial score (nSPS) is 20.5. The van der Waals surface area contributed by atoms with Gasteiger partial charge in [0, 0.05) is 18.3 Å². The van der Waals surface area contributed by atoms with E-state index in [1.807, 2.05) is 12.3 Å². The first-order valence-electron chi connectivity index (χ1n) is 4.08. The lowest BCUT2D eigenvalue weighted by molar-refractivity contribution is 0.350. The quantitative estimate of drug-likeness (QED) is 0.678. The summed E-state index contributed by atoms with van der Waals surface area (Å²) in [6, 6.07) is 1.96. The van der Waals surface area contributed by atoms with E-state index >= 15 is 0 Å².